The summed E-state index contributed by atoms with van der Waals surface area (Å²) in [5.41, 5.74) is 1.31. The van der Waals surface area contributed by atoms with Gasteiger partial charge in [0.25, 0.3) is 0 Å². The molecule has 2 fully saturated rings. The summed E-state index contributed by atoms with van der Waals surface area (Å²) < 4.78 is 5.76. The van der Waals surface area contributed by atoms with E-state index < -0.39 is 5.41 Å². The van der Waals surface area contributed by atoms with Crippen molar-refractivity contribution in [2.24, 2.45) is 5.41 Å². The molecular formula is C17H17N3O2. The molecule has 2 aliphatic carbocycles. The Morgan fingerprint density at radius 2 is 2.14 bits per heavy atom. The van der Waals surface area contributed by atoms with E-state index in [9.17, 15) is 10.1 Å². The van der Waals surface area contributed by atoms with Gasteiger partial charge in [0.2, 0.25) is 5.91 Å². The highest BCUT2D eigenvalue weighted by Crippen LogP contribution is 2.41. The number of carbonyl (C=O) groups excluding carboxylic acids is 1. The van der Waals surface area contributed by atoms with Gasteiger partial charge in [0.1, 0.15) is 10.9 Å². The molecule has 5 nitrogen and oxygen atoms in total. The summed E-state index contributed by atoms with van der Waals surface area (Å²) in [6.45, 7) is 0. The summed E-state index contributed by atoms with van der Waals surface area (Å²) in [6.07, 6.45) is 5.44. The highest BCUT2D eigenvalue weighted by Gasteiger charge is 2.41. The summed E-state index contributed by atoms with van der Waals surface area (Å²) in [6, 6.07) is 7.69. The number of aromatic nitrogens is 1. The number of nitrogens with zero attached hydrogens (tertiary/aromatic N) is 2. The monoisotopic (exact) mass is 295 g/mol. The maximum absolute atomic E-state index is 12.4. The Hall–Kier alpha value is -2.35. The quantitative estimate of drug-likeness (QED) is 0.935. The van der Waals surface area contributed by atoms with E-state index in [-0.39, 0.29) is 5.91 Å². The molecule has 4 rings (SSSR count). The van der Waals surface area contributed by atoms with E-state index in [1.54, 1.807) is 6.07 Å². The molecule has 2 aliphatic rings. The van der Waals surface area contributed by atoms with Crippen LogP contribution in [-0.2, 0) is 4.79 Å². The molecular weight excluding hydrogens is 278 g/mol. The second-order valence-corrected chi connectivity index (χ2v) is 6.36. The van der Waals surface area contributed by atoms with Crippen LogP contribution in [0.2, 0.25) is 0 Å². The maximum Gasteiger partial charge on any atom is 0.244 e. The normalized spacial score (nSPS) is 20.0. The zero-order valence-corrected chi connectivity index (χ0v) is 12.3. The number of anilines is 1. The molecule has 2 aromatic rings. The van der Waals surface area contributed by atoms with Gasteiger partial charge in [-0.05, 0) is 37.8 Å². The Morgan fingerprint density at radius 1 is 1.36 bits per heavy atom. The highest BCUT2D eigenvalue weighted by molar-refractivity contribution is 5.98. The van der Waals surface area contributed by atoms with Crippen LogP contribution in [0.4, 0.5) is 5.69 Å². The molecule has 0 bridgehead atoms. The number of oxazole rings is 1. The van der Waals surface area contributed by atoms with Crippen LogP contribution in [0.3, 0.4) is 0 Å². The van der Waals surface area contributed by atoms with E-state index in [1.165, 1.54) is 0 Å². The van der Waals surface area contributed by atoms with Crippen LogP contribution in [0.25, 0.3) is 11.1 Å². The number of benzene rings is 1. The molecule has 112 valence electrons. The molecule has 2 saturated carbocycles. The molecule has 0 spiro atoms. The summed E-state index contributed by atoms with van der Waals surface area (Å²) in [5, 5.41) is 12.2. The Labute approximate surface area is 128 Å². The molecule has 22 heavy (non-hydrogen) atoms. The first-order valence-corrected chi connectivity index (χ1v) is 7.83. The molecule has 5 heteroatoms. The maximum atomic E-state index is 12.4. The fourth-order valence-corrected chi connectivity index (χ4v) is 3.14. The Kier molecular flexibility index (Phi) is 2.93. The number of nitrogens with one attached hydrogen (secondary N) is 1. The number of amides is 1. The van der Waals surface area contributed by atoms with Crippen molar-refractivity contribution in [3.05, 3.63) is 24.1 Å². The first kappa shape index (κ1) is 13.3. The largest absolute Gasteiger partial charge is 0.440 e. The molecule has 1 aromatic carbocycles. The van der Waals surface area contributed by atoms with Crippen LogP contribution in [0.1, 0.15) is 50.3 Å². The average molecular weight is 295 g/mol. The van der Waals surface area contributed by atoms with Crippen molar-refractivity contribution in [2.75, 3.05) is 5.32 Å². The van der Waals surface area contributed by atoms with Gasteiger partial charge in [-0.3, -0.25) is 4.79 Å². The lowest BCUT2D eigenvalue weighted by molar-refractivity contribution is -0.122. The van der Waals surface area contributed by atoms with Crippen LogP contribution >= 0.6 is 0 Å². The van der Waals surface area contributed by atoms with Gasteiger partial charge < -0.3 is 9.73 Å². The Balaban J connectivity index is 1.58. The minimum Gasteiger partial charge on any atom is -0.440 e. The van der Waals surface area contributed by atoms with E-state index in [1.807, 2.05) is 12.1 Å². The Morgan fingerprint density at radius 3 is 2.82 bits per heavy atom. The van der Waals surface area contributed by atoms with Crippen molar-refractivity contribution in [3.8, 4) is 6.07 Å². The number of fused-ring (bicyclic) bond motifs is 1. The number of carbonyl (C=O) groups is 1. The molecule has 1 N–H and O–H groups in total. The number of hydrogen-bond donors (Lipinski definition) is 1. The van der Waals surface area contributed by atoms with Crippen molar-refractivity contribution < 1.29 is 9.21 Å². The van der Waals surface area contributed by atoms with Gasteiger partial charge in [-0.15, -0.1) is 0 Å². The van der Waals surface area contributed by atoms with Crippen LogP contribution in [0, 0.1) is 16.7 Å². The number of hydrogen-bond acceptors (Lipinski definition) is 4. The molecule has 1 amide bonds. The second kappa shape index (κ2) is 4.84. The van der Waals surface area contributed by atoms with Crippen molar-refractivity contribution in [1.29, 1.82) is 5.26 Å². The van der Waals surface area contributed by atoms with Gasteiger partial charge >= 0.3 is 0 Å². The molecule has 0 unspecified atom stereocenters. The first-order valence-electron chi connectivity index (χ1n) is 7.83. The van der Waals surface area contributed by atoms with E-state index in [4.69, 9.17) is 4.42 Å². The van der Waals surface area contributed by atoms with Gasteiger partial charge in [-0.25, -0.2) is 4.98 Å². The van der Waals surface area contributed by atoms with Crippen molar-refractivity contribution in [2.45, 2.75) is 44.4 Å². The van der Waals surface area contributed by atoms with Gasteiger partial charge in [0.15, 0.2) is 11.5 Å². The lowest BCUT2D eigenvalue weighted by atomic mass is 9.87. The molecule has 0 atom stereocenters. The van der Waals surface area contributed by atoms with E-state index >= 15 is 0 Å². The highest BCUT2D eigenvalue weighted by atomic mass is 16.3. The molecule has 1 heterocycles. The third-order valence-electron chi connectivity index (χ3n) is 4.70. The number of nitriles is 1. The predicted molar refractivity (Wildman–Crippen MR) is 81.1 cm³/mol. The van der Waals surface area contributed by atoms with Gasteiger partial charge in [0.05, 0.1) is 6.07 Å². The summed E-state index contributed by atoms with van der Waals surface area (Å²) in [7, 11) is 0. The first-order chi connectivity index (χ1) is 10.7. The van der Waals surface area contributed by atoms with Crippen molar-refractivity contribution in [3.63, 3.8) is 0 Å². The zero-order valence-electron chi connectivity index (χ0n) is 12.3. The Bertz CT molecular complexity index is 777. The topological polar surface area (TPSA) is 78.9 Å². The lowest BCUT2D eigenvalue weighted by Gasteiger charge is -2.19. The van der Waals surface area contributed by atoms with E-state index in [2.05, 4.69) is 16.4 Å². The fourth-order valence-electron chi connectivity index (χ4n) is 3.14. The van der Waals surface area contributed by atoms with E-state index in [0.29, 0.717) is 30.0 Å². The summed E-state index contributed by atoms with van der Waals surface area (Å²) >= 11 is 0. The predicted octanol–water partition coefficient (Wildman–Crippen LogP) is 3.73. The van der Waals surface area contributed by atoms with Gasteiger partial charge in [0, 0.05) is 17.7 Å². The zero-order chi connectivity index (χ0) is 15.2. The van der Waals surface area contributed by atoms with Crippen LogP contribution in [-0.4, -0.2) is 10.9 Å². The van der Waals surface area contributed by atoms with Crippen molar-refractivity contribution >= 4 is 22.7 Å². The minimum absolute atomic E-state index is 0.200. The molecule has 0 radical (unpaired) electrons. The van der Waals surface area contributed by atoms with E-state index in [0.717, 1.165) is 37.1 Å². The van der Waals surface area contributed by atoms with Crippen molar-refractivity contribution in [1.82, 2.24) is 4.98 Å². The fraction of sp³-hybridized carbons (Fsp3) is 0.471. The SMILES string of the molecule is N#CC1(C(=O)Nc2ccc3nc(C4CC4)oc3c2)CCCC1. The van der Waals surface area contributed by atoms with Gasteiger partial charge in [-0.1, -0.05) is 12.8 Å². The summed E-state index contributed by atoms with van der Waals surface area (Å²) in [5.74, 6) is 1.06. The van der Waals surface area contributed by atoms with Crippen LogP contribution in [0.5, 0.6) is 0 Å². The standard InChI is InChI=1S/C17H17N3O2/c18-10-17(7-1-2-8-17)16(21)19-12-5-6-13-14(9-12)22-15(20-13)11-3-4-11/h5-6,9,11H,1-4,7-8H2,(H,19,21). The minimum atomic E-state index is -0.866. The van der Waals surface area contributed by atoms with Crippen LogP contribution in [0.15, 0.2) is 22.6 Å². The average Bonchev–Trinajstić information content (AvgIpc) is 3.11. The molecule has 1 aromatic heterocycles. The number of rotatable bonds is 3. The molecule has 0 aliphatic heterocycles. The smallest absolute Gasteiger partial charge is 0.244 e. The molecule has 0 saturated heterocycles. The van der Waals surface area contributed by atoms with Gasteiger partial charge in [-0.2, -0.15) is 5.26 Å². The van der Waals surface area contributed by atoms with Crippen LogP contribution < -0.4 is 5.32 Å². The second-order valence-electron chi connectivity index (χ2n) is 6.36. The third-order valence-corrected chi connectivity index (χ3v) is 4.70. The lowest BCUT2D eigenvalue weighted by Crippen LogP contribution is -2.32. The summed E-state index contributed by atoms with van der Waals surface area (Å²) in [4.78, 5) is 16.9. The third kappa shape index (κ3) is 2.16.